The second-order valence-electron chi connectivity index (χ2n) is 3.89. The second kappa shape index (κ2) is 4.37. The molecule has 1 heterocycles. The molecule has 0 saturated heterocycles. The van der Waals surface area contributed by atoms with Crippen molar-refractivity contribution in [2.45, 2.75) is 0 Å². The van der Waals surface area contributed by atoms with Crippen LogP contribution in [0.25, 0.3) is 11.1 Å². The summed E-state index contributed by atoms with van der Waals surface area (Å²) in [5.41, 5.74) is 2.46. The fourth-order valence-electron chi connectivity index (χ4n) is 1.75. The SMILES string of the molecule is O=C(Oc1cc2cccc-2co1)c1ccccc1. The smallest absolute Gasteiger partial charge is 0.345 e. The molecule has 1 aromatic carbocycles. The lowest BCUT2D eigenvalue weighted by Gasteiger charge is -2.04. The van der Waals surface area contributed by atoms with E-state index in [1.807, 2.05) is 24.3 Å². The highest BCUT2D eigenvalue weighted by molar-refractivity contribution is 5.90. The number of benzene rings is 1. The van der Waals surface area contributed by atoms with E-state index in [4.69, 9.17) is 9.15 Å². The van der Waals surface area contributed by atoms with Crippen LogP contribution in [0, 0.1) is 0 Å². The van der Waals surface area contributed by atoms with E-state index in [2.05, 4.69) is 0 Å². The predicted octanol–water partition coefficient (Wildman–Crippen LogP) is 3.60. The van der Waals surface area contributed by atoms with E-state index in [9.17, 15) is 4.79 Å². The van der Waals surface area contributed by atoms with Gasteiger partial charge in [0.15, 0.2) is 0 Å². The first-order valence-corrected chi connectivity index (χ1v) is 5.57. The summed E-state index contributed by atoms with van der Waals surface area (Å²) in [6.07, 6.45) is 1.57. The number of ether oxygens (including phenoxy) is 1. The van der Waals surface area contributed by atoms with Crippen LogP contribution in [0.1, 0.15) is 10.4 Å². The number of carbonyl (C=O) groups excluding carboxylic acids is 1. The zero-order chi connectivity index (χ0) is 12.4. The van der Waals surface area contributed by atoms with Crippen LogP contribution in [0.5, 0.6) is 5.95 Å². The van der Waals surface area contributed by atoms with Gasteiger partial charge in [-0.15, -0.1) is 0 Å². The van der Waals surface area contributed by atoms with Gasteiger partial charge in [-0.25, -0.2) is 4.79 Å². The van der Waals surface area contributed by atoms with Gasteiger partial charge in [0.2, 0.25) is 0 Å². The Morgan fingerprint density at radius 2 is 1.72 bits per heavy atom. The van der Waals surface area contributed by atoms with E-state index in [0.29, 0.717) is 5.56 Å². The first-order chi connectivity index (χ1) is 8.83. The molecule has 0 unspecified atom stereocenters. The Morgan fingerprint density at radius 3 is 2.56 bits per heavy atom. The third-order valence-electron chi connectivity index (χ3n) is 2.66. The first kappa shape index (κ1) is 10.6. The molecule has 0 spiro atoms. The van der Waals surface area contributed by atoms with Crippen molar-refractivity contribution in [1.29, 1.82) is 0 Å². The molecule has 0 N–H and O–H groups in total. The molecule has 3 heteroatoms. The third kappa shape index (κ3) is 1.98. The Kier molecular flexibility index (Phi) is 2.57. The predicted molar refractivity (Wildman–Crippen MR) is 66.7 cm³/mol. The van der Waals surface area contributed by atoms with Gasteiger partial charge in [0, 0.05) is 11.6 Å². The first-order valence-electron chi connectivity index (χ1n) is 5.57. The summed E-state index contributed by atoms with van der Waals surface area (Å²) in [7, 11) is 0. The molecule has 2 aliphatic rings. The number of carbonyl (C=O) groups is 1. The van der Waals surface area contributed by atoms with Crippen molar-refractivity contribution in [3.63, 3.8) is 0 Å². The monoisotopic (exact) mass is 238 g/mol. The molecule has 1 aliphatic carbocycles. The Labute approximate surface area is 104 Å². The molecular weight excluding hydrogens is 228 g/mol. The lowest BCUT2D eigenvalue weighted by Crippen LogP contribution is -2.08. The number of hydrogen-bond donors (Lipinski definition) is 0. The molecule has 0 fully saturated rings. The summed E-state index contributed by atoms with van der Waals surface area (Å²) in [5, 5.41) is 0. The number of rotatable bonds is 2. The van der Waals surface area contributed by atoms with Gasteiger partial charge in [0.25, 0.3) is 5.95 Å². The maximum absolute atomic E-state index is 11.8. The summed E-state index contributed by atoms with van der Waals surface area (Å²) in [6, 6.07) is 16.3. The van der Waals surface area contributed by atoms with Crippen LogP contribution in [0.3, 0.4) is 0 Å². The van der Waals surface area contributed by atoms with E-state index in [0.717, 1.165) is 11.1 Å². The van der Waals surface area contributed by atoms with Crippen LogP contribution in [-0.2, 0) is 0 Å². The Hall–Kier alpha value is -2.55. The van der Waals surface area contributed by atoms with E-state index in [1.54, 1.807) is 36.6 Å². The highest BCUT2D eigenvalue weighted by Gasteiger charge is 2.11. The molecule has 0 radical (unpaired) electrons. The van der Waals surface area contributed by atoms with Gasteiger partial charge in [0.1, 0.15) is 6.26 Å². The molecule has 3 nitrogen and oxygen atoms in total. The van der Waals surface area contributed by atoms with E-state index < -0.39 is 5.97 Å². The molecule has 0 bridgehead atoms. The molecule has 18 heavy (non-hydrogen) atoms. The standard InChI is InChI=1S/C15H10O3/c16-15(11-5-2-1-3-6-11)18-14-9-12-7-4-8-13(12)10-17-14/h1-10H. The Morgan fingerprint density at radius 1 is 0.944 bits per heavy atom. The van der Waals surface area contributed by atoms with Gasteiger partial charge < -0.3 is 9.15 Å². The van der Waals surface area contributed by atoms with Crippen molar-refractivity contribution >= 4 is 5.97 Å². The summed E-state index contributed by atoms with van der Waals surface area (Å²) < 4.78 is 10.4. The van der Waals surface area contributed by atoms with Crippen molar-refractivity contribution in [3.05, 3.63) is 66.4 Å². The molecule has 1 aromatic rings. The minimum atomic E-state index is -0.426. The minimum absolute atomic E-state index is 0.197. The van der Waals surface area contributed by atoms with Crippen LogP contribution in [0.15, 0.2) is 65.3 Å². The average molecular weight is 238 g/mol. The average Bonchev–Trinajstić information content (AvgIpc) is 2.87. The summed E-state index contributed by atoms with van der Waals surface area (Å²) in [4.78, 5) is 11.8. The maximum Gasteiger partial charge on any atom is 0.345 e. The zero-order valence-corrected chi connectivity index (χ0v) is 9.50. The van der Waals surface area contributed by atoms with Gasteiger partial charge >= 0.3 is 5.97 Å². The van der Waals surface area contributed by atoms with Crippen molar-refractivity contribution in [1.82, 2.24) is 0 Å². The number of esters is 1. The van der Waals surface area contributed by atoms with Crippen molar-refractivity contribution < 1.29 is 13.9 Å². The van der Waals surface area contributed by atoms with Crippen LogP contribution in [0.2, 0.25) is 0 Å². The molecule has 3 rings (SSSR count). The van der Waals surface area contributed by atoms with E-state index >= 15 is 0 Å². The number of hydrogen-bond acceptors (Lipinski definition) is 3. The fraction of sp³-hybridized carbons (Fsp3) is 0. The van der Waals surface area contributed by atoms with Gasteiger partial charge in [-0.3, -0.25) is 0 Å². The van der Waals surface area contributed by atoms with Crippen molar-refractivity contribution in [2.75, 3.05) is 0 Å². The van der Waals surface area contributed by atoms with Crippen molar-refractivity contribution in [3.8, 4) is 17.1 Å². The van der Waals surface area contributed by atoms with Crippen LogP contribution in [0.4, 0.5) is 0 Å². The minimum Gasteiger partial charge on any atom is -0.433 e. The normalized spacial score (nSPS) is 10.4. The highest BCUT2D eigenvalue weighted by atomic mass is 16.6. The van der Waals surface area contributed by atoms with Crippen LogP contribution in [-0.4, -0.2) is 5.97 Å². The summed E-state index contributed by atoms with van der Waals surface area (Å²) in [6.45, 7) is 0. The van der Waals surface area contributed by atoms with Crippen molar-refractivity contribution in [2.24, 2.45) is 0 Å². The van der Waals surface area contributed by atoms with Crippen LogP contribution < -0.4 is 4.74 Å². The molecule has 0 atom stereocenters. The maximum atomic E-state index is 11.8. The Bertz CT molecular complexity index is 640. The molecule has 1 aliphatic heterocycles. The van der Waals surface area contributed by atoms with E-state index in [1.165, 1.54) is 0 Å². The highest BCUT2D eigenvalue weighted by Crippen LogP contribution is 2.27. The zero-order valence-electron chi connectivity index (χ0n) is 9.50. The lowest BCUT2D eigenvalue weighted by molar-refractivity contribution is 0.0691. The molecular formula is C15H10O3. The van der Waals surface area contributed by atoms with Gasteiger partial charge in [-0.2, -0.15) is 0 Å². The van der Waals surface area contributed by atoms with Gasteiger partial charge in [-0.05, 0) is 17.7 Å². The summed E-state index contributed by atoms with van der Waals surface area (Å²) in [5.74, 6) is -0.229. The molecule has 0 saturated carbocycles. The Balaban J connectivity index is 1.85. The quantitative estimate of drug-likeness (QED) is 0.640. The topological polar surface area (TPSA) is 39.4 Å². The van der Waals surface area contributed by atoms with E-state index in [-0.39, 0.29) is 5.95 Å². The second-order valence-corrected chi connectivity index (χ2v) is 3.89. The largest absolute Gasteiger partial charge is 0.433 e. The molecule has 0 aromatic heterocycles. The lowest BCUT2D eigenvalue weighted by atomic mass is 10.2. The summed E-state index contributed by atoms with van der Waals surface area (Å²) >= 11 is 0. The fourth-order valence-corrected chi connectivity index (χ4v) is 1.75. The molecule has 88 valence electrons. The number of fused-ring (bicyclic) bond motifs is 1. The third-order valence-corrected chi connectivity index (χ3v) is 2.66. The van der Waals surface area contributed by atoms with Gasteiger partial charge in [-0.1, -0.05) is 36.4 Å². The van der Waals surface area contributed by atoms with Crippen LogP contribution >= 0.6 is 0 Å². The van der Waals surface area contributed by atoms with Gasteiger partial charge in [0.05, 0.1) is 5.56 Å². The molecule has 0 amide bonds.